The minimum absolute atomic E-state index is 0.165. The summed E-state index contributed by atoms with van der Waals surface area (Å²) in [5.74, 6) is 0.165. The van der Waals surface area contributed by atoms with Gasteiger partial charge in [0.25, 0.3) is 0 Å². The van der Waals surface area contributed by atoms with Gasteiger partial charge in [-0.1, -0.05) is 6.92 Å². The largest absolute Gasteiger partial charge is 0.318 e. The second-order valence-corrected chi connectivity index (χ2v) is 4.27. The van der Waals surface area contributed by atoms with E-state index in [9.17, 15) is 4.79 Å². The topological polar surface area (TPSA) is 30.0 Å². The van der Waals surface area contributed by atoms with Crippen molar-refractivity contribution in [3.8, 4) is 0 Å². The van der Waals surface area contributed by atoms with Gasteiger partial charge in [-0.2, -0.15) is 0 Å². The van der Waals surface area contributed by atoms with Crippen molar-refractivity contribution < 1.29 is 4.79 Å². The Morgan fingerprint density at radius 3 is 2.71 bits per heavy atom. The molecule has 0 aliphatic heterocycles. The molecule has 1 aromatic heterocycles. The first kappa shape index (κ1) is 11.3. The number of quaternary nitrogens is 1. The quantitative estimate of drug-likeness (QED) is 0.602. The fraction of sp³-hybridized carbons (Fsp3) is 0.400. The molecule has 1 rings (SSSR count). The molecule has 3 nitrogen and oxygen atoms in total. The van der Waals surface area contributed by atoms with Crippen LogP contribution in [0.2, 0.25) is 0 Å². The molecule has 1 heterocycles. The maximum absolute atomic E-state index is 11.7. The Morgan fingerprint density at radius 2 is 2.21 bits per heavy atom. The molecule has 1 amide bonds. The highest BCUT2D eigenvalue weighted by Gasteiger charge is 2.29. The summed E-state index contributed by atoms with van der Waals surface area (Å²) in [6.07, 6.45) is 2.22. The SMILES string of the molecule is CCC(=O)[N+](C)(C)c1cccnc1Br. The molecule has 0 saturated carbocycles. The van der Waals surface area contributed by atoms with Crippen molar-refractivity contribution in [2.45, 2.75) is 13.3 Å². The summed E-state index contributed by atoms with van der Waals surface area (Å²) in [5.41, 5.74) is 0.888. The third kappa shape index (κ3) is 2.01. The molecule has 76 valence electrons. The first-order valence-electron chi connectivity index (χ1n) is 4.48. The monoisotopic (exact) mass is 257 g/mol. The number of rotatable bonds is 2. The summed E-state index contributed by atoms with van der Waals surface area (Å²) in [4.78, 5) is 15.8. The van der Waals surface area contributed by atoms with E-state index in [1.54, 1.807) is 6.20 Å². The van der Waals surface area contributed by atoms with Crippen molar-refractivity contribution in [3.05, 3.63) is 22.9 Å². The van der Waals surface area contributed by atoms with Crippen molar-refractivity contribution in [2.24, 2.45) is 0 Å². The molecule has 0 spiro atoms. The standard InChI is InChI=1S/C10H14BrN2O/c1-4-9(14)13(2,3)8-6-5-7-12-10(8)11/h5-7H,4H2,1-3H3/q+1. The zero-order chi connectivity index (χ0) is 10.8. The number of carbonyl (C=O) groups excluding carboxylic acids is 1. The zero-order valence-corrected chi connectivity index (χ0v) is 10.2. The van der Waals surface area contributed by atoms with Gasteiger partial charge in [0.2, 0.25) is 0 Å². The van der Waals surface area contributed by atoms with E-state index in [-0.39, 0.29) is 10.4 Å². The number of hydrogen-bond acceptors (Lipinski definition) is 2. The molecular weight excluding hydrogens is 244 g/mol. The summed E-state index contributed by atoms with van der Waals surface area (Å²) in [6, 6.07) is 3.74. The molecule has 4 heteroatoms. The van der Waals surface area contributed by atoms with Gasteiger partial charge in [-0.15, -0.1) is 0 Å². The molecule has 1 aromatic rings. The molecular formula is C10H14BrN2O+. The molecule has 0 aliphatic carbocycles. The second kappa shape index (κ2) is 4.19. The molecule has 0 bridgehead atoms. The number of carbonyl (C=O) groups is 1. The van der Waals surface area contributed by atoms with E-state index in [0.717, 1.165) is 10.3 Å². The van der Waals surface area contributed by atoms with E-state index in [1.165, 1.54) is 0 Å². The lowest BCUT2D eigenvalue weighted by Gasteiger charge is -2.26. The van der Waals surface area contributed by atoms with Crippen LogP contribution in [-0.4, -0.2) is 25.0 Å². The van der Waals surface area contributed by atoms with Gasteiger partial charge in [-0.05, 0) is 22.0 Å². The van der Waals surface area contributed by atoms with E-state index < -0.39 is 0 Å². The third-order valence-electron chi connectivity index (χ3n) is 2.27. The first-order valence-corrected chi connectivity index (χ1v) is 5.28. The summed E-state index contributed by atoms with van der Waals surface area (Å²) in [7, 11) is 3.74. The third-order valence-corrected chi connectivity index (χ3v) is 2.88. The molecule has 0 atom stereocenters. The van der Waals surface area contributed by atoms with E-state index in [0.29, 0.717) is 6.42 Å². The fourth-order valence-corrected chi connectivity index (χ4v) is 2.02. The summed E-state index contributed by atoms with van der Waals surface area (Å²) in [6.45, 7) is 1.87. The molecule has 0 unspecified atom stereocenters. The highest BCUT2D eigenvalue weighted by molar-refractivity contribution is 9.10. The van der Waals surface area contributed by atoms with Gasteiger partial charge >= 0.3 is 5.91 Å². The van der Waals surface area contributed by atoms with Crippen LogP contribution in [0.15, 0.2) is 22.9 Å². The smallest absolute Gasteiger partial charge is 0.243 e. The van der Waals surface area contributed by atoms with Crippen LogP contribution >= 0.6 is 15.9 Å². The average molecular weight is 258 g/mol. The molecule has 0 saturated heterocycles. The van der Waals surface area contributed by atoms with Gasteiger partial charge in [-0.3, -0.25) is 0 Å². The van der Waals surface area contributed by atoms with Gasteiger partial charge in [0.05, 0.1) is 20.5 Å². The number of halogens is 1. The highest BCUT2D eigenvalue weighted by Crippen LogP contribution is 2.27. The van der Waals surface area contributed by atoms with Crippen LogP contribution in [0, 0.1) is 0 Å². The lowest BCUT2D eigenvalue weighted by molar-refractivity contribution is -0.127. The maximum Gasteiger partial charge on any atom is 0.318 e. The normalized spacial score (nSPS) is 11.4. The van der Waals surface area contributed by atoms with Gasteiger partial charge in [-0.25, -0.2) is 14.3 Å². The Hall–Kier alpha value is -0.740. The predicted octanol–water partition coefficient (Wildman–Crippen LogP) is 2.35. The van der Waals surface area contributed by atoms with Crippen molar-refractivity contribution in [1.82, 2.24) is 9.47 Å². The summed E-state index contributed by atoms with van der Waals surface area (Å²) in [5, 5.41) is 0. The van der Waals surface area contributed by atoms with Crippen LogP contribution in [-0.2, 0) is 4.79 Å². The number of nitrogens with zero attached hydrogens (tertiary/aromatic N) is 2. The Kier molecular flexibility index (Phi) is 3.39. The maximum atomic E-state index is 11.7. The Labute approximate surface area is 92.5 Å². The minimum Gasteiger partial charge on any atom is -0.243 e. The van der Waals surface area contributed by atoms with Crippen LogP contribution in [0.4, 0.5) is 5.69 Å². The van der Waals surface area contributed by atoms with Gasteiger partial charge in [0.15, 0.2) is 10.3 Å². The molecule has 0 radical (unpaired) electrons. The lowest BCUT2D eigenvalue weighted by atomic mass is 10.3. The van der Waals surface area contributed by atoms with Crippen LogP contribution < -0.4 is 4.48 Å². The van der Waals surface area contributed by atoms with Crippen LogP contribution in [0.3, 0.4) is 0 Å². The molecule has 0 fully saturated rings. The number of pyridine rings is 1. The van der Waals surface area contributed by atoms with Crippen molar-refractivity contribution in [2.75, 3.05) is 14.1 Å². The predicted molar refractivity (Wildman–Crippen MR) is 60.9 cm³/mol. The van der Waals surface area contributed by atoms with Crippen molar-refractivity contribution in [3.63, 3.8) is 0 Å². The van der Waals surface area contributed by atoms with E-state index in [4.69, 9.17) is 0 Å². The minimum atomic E-state index is 0.165. The average Bonchev–Trinajstić information content (AvgIpc) is 2.17. The zero-order valence-electron chi connectivity index (χ0n) is 8.62. The van der Waals surface area contributed by atoms with E-state index in [2.05, 4.69) is 20.9 Å². The van der Waals surface area contributed by atoms with Crippen LogP contribution in [0.5, 0.6) is 0 Å². The molecule has 0 N–H and O–H groups in total. The van der Waals surface area contributed by atoms with Gasteiger partial charge < -0.3 is 0 Å². The molecule has 0 aliphatic rings. The summed E-state index contributed by atoms with van der Waals surface area (Å²) >= 11 is 3.35. The van der Waals surface area contributed by atoms with Gasteiger partial charge in [0, 0.05) is 12.3 Å². The van der Waals surface area contributed by atoms with Crippen LogP contribution in [0.25, 0.3) is 0 Å². The highest BCUT2D eigenvalue weighted by atomic mass is 79.9. The molecule has 0 aromatic carbocycles. The van der Waals surface area contributed by atoms with Crippen LogP contribution in [0.1, 0.15) is 13.3 Å². The van der Waals surface area contributed by atoms with Crippen molar-refractivity contribution in [1.29, 1.82) is 0 Å². The van der Waals surface area contributed by atoms with E-state index in [1.807, 2.05) is 33.2 Å². The lowest BCUT2D eigenvalue weighted by Crippen LogP contribution is -2.46. The Bertz CT molecular complexity index is 350. The number of amides is 1. The molecule has 14 heavy (non-hydrogen) atoms. The first-order chi connectivity index (χ1) is 6.50. The number of hydrogen-bond donors (Lipinski definition) is 0. The van der Waals surface area contributed by atoms with Crippen molar-refractivity contribution >= 4 is 27.5 Å². The van der Waals surface area contributed by atoms with Gasteiger partial charge in [0.1, 0.15) is 0 Å². The number of aromatic nitrogens is 1. The Morgan fingerprint density at radius 1 is 1.57 bits per heavy atom. The fourth-order valence-electron chi connectivity index (χ4n) is 1.32. The second-order valence-electron chi connectivity index (χ2n) is 3.51. The van der Waals surface area contributed by atoms with E-state index >= 15 is 0 Å². The summed E-state index contributed by atoms with van der Waals surface area (Å²) < 4.78 is 0.956. The Balaban J connectivity index is 3.16.